The second-order valence-corrected chi connectivity index (χ2v) is 4.80. The van der Waals surface area contributed by atoms with E-state index in [2.05, 4.69) is 18.0 Å². The van der Waals surface area contributed by atoms with Gasteiger partial charge in [-0.15, -0.1) is 0 Å². The molecule has 0 fully saturated rings. The van der Waals surface area contributed by atoms with Gasteiger partial charge in [-0.05, 0) is 18.1 Å². The number of pyridine rings is 1. The summed E-state index contributed by atoms with van der Waals surface area (Å²) in [6, 6.07) is 4.08. The van der Waals surface area contributed by atoms with E-state index in [9.17, 15) is 0 Å². The first-order valence-corrected chi connectivity index (χ1v) is 7.51. The summed E-state index contributed by atoms with van der Waals surface area (Å²) in [7, 11) is -9.33. The molecule has 1 aromatic rings. The fourth-order valence-electron chi connectivity index (χ4n) is 0.835. The minimum Gasteiger partial charge on any atom is -0.264 e. The van der Waals surface area contributed by atoms with E-state index >= 15 is 0 Å². The van der Waals surface area contributed by atoms with Crippen LogP contribution in [0.4, 0.5) is 0 Å². The third-order valence-corrected chi connectivity index (χ3v) is 1.26. The van der Waals surface area contributed by atoms with E-state index in [0.717, 1.165) is 6.42 Å². The number of aromatic nitrogens is 1. The molecule has 0 radical (unpaired) electrons. The Morgan fingerprint density at radius 3 is 1.74 bits per heavy atom. The third-order valence-electron chi connectivity index (χ3n) is 1.26. The lowest BCUT2D eigenvalue weighted by atomic mass is 10.2. The van der Waals surface area contributed by atoms with Gasteiger partial charge in [0.2, 0.25) is 0 Å². The third kappa shape index (κ3) is 38.3. The van der Waals surface area contributed by atoms with Crippen LogP contribution in [0.2, 0.25) is 0 Å². The van der Waals surface area contributed by atoms with Gasteiger partial charge >= 0.3 is 20.8 Å². The van der Waals surface area contributed by atoms with Crippen LogP contribution in [0.3, 0.4) is 0 Å². The molecule has 0 bridgehead atoms. The first-order valence-electron chi connectivity index (χ1n) is 4.72. The maximum absolute atomic E-state index is 8.74. The maximum Gasteiger partial charge on any atom is 0.394 e. The topological polar surface area (TPSA) is 162 Å². The lowest BCUT2D eigenvalue weighted by Gasteiger charge is -1.92. The predicted octanol–water partition coefficient (Wildman–Crippen LogP) is 0.729. The lowest BCUT2D eigenvalue weighted by Crippen LogP contribution is -1.89. The smallest absolute Gasteiger partial charge is 0.264 e. The Morgan fingerprint density at radius 1 is 1.05 bits per heavy atom. The van der Waals surface area contributed by atoms with Crippen molar-refractivity contribution in [1.82, 2.24) is 4.98 Å². The highest BCUT2D eigenvalue weighted by atomic mass is 32.3. The van der Waals surface area contributed by atoms with Crippen LogP contribution in [0.5, 0.6) is 0 Å². The van der Waals surface area contributed by atoms with Crippen molar-refractivity contribution in [2.45, 2.75) is 19.8 Å². The SMILES string of the molecule is CCCc1cccnc1.O=S(=O)(O)O.O=S(=O)(O)O. The van der Waals surface area contributed by atoms with Crippen LogP contribution in [0.25, 0.3) is 0 Å². The van der Waals surface area contributed by atoms with Crippen LogP contribution in [0.1, 0.15) is 18.9 Å². The summed E-state index contributed by atoms with van der Waals surface area (Å²) >= 11 is 0. The van der Waals surface area contributed by atoms with Gasteiger partial charge < -0.3 is 0 Å². The van der Waals surface area contributed by atoms with Crippen molar-refractivity contribution in [3.05, 3.63) is 30.1 Å². The molecule has 0 aliphatic carbocycles. The van der Waals surface area contributed by atoms with Gasteiger partial charge in [0.05, 0.1) is 0 Å². The fourth-order valence-corrected chi connectivity index (χ4v) is 0.835. The van der Waals surface area contributed by atoms with E-state index in [4.69, 9.17) is 35.0 Å². The van der Waals surface area contributed by atoms with Crippen molar-refractivity contribution in [2.24, 2.45) is 0 Å². The molecule has 0 saturated carbocycles. The van der Waals surface area contributed by atoms with Gasteiger partial charge in [0.15, 0.2) is 0 Å². The van der Waals surface area contributed by atoms with Crippen molar-refractivity contribution in [3.63, 3.8) is 0 Å². The highest BCUT2D eigenvalue weighted by Gasteiger charge is 1.86. The zero-order valence-electron chi connectivity index (χ0n) is 9.91. The molecule has 0 spiro atoms. The Hall–Kier alpha value is -1.11. The Labute approximate surface area is 111 Å². The van der Waals surface area contributed by atoms with E-state index < -0.39 is 20.8 Å². The largest absolute Gasteiger partial charge is 0.394 e. The minimum absolute atomic E-state index is 1.15. The van der Waals surface area contributed by atoms with E-state index in [1.165, 1.54) is 12.0 Å². The molecule has 0 aromatic carbocycles. The van der Waals surface area contributed by atoms with Crippen LogP contribution in [-0.4, -0.2) is 40.0 Å². The highest BCUT2D eigenvalue weighted by Crippen LogP contribution is 1.98. The van der Waals surface area contributed by atoms with E-state index in [1.807, 2.05) is 12.3 Å². The summed E-state index contributed by atoms with van der Waals surface area (Å²) in [5.74, 6) is 0. The Balaban J connectivity index is 0. The van der Waals surface area contributed by atoms with Gasteiger partial charge in [0.1, 0.15) is 0 Å². The van der Waals surface area contributed by atoms with Crippen molar-refractivity contribution in [1.29, 1.82) is 0 Å². The molecule has 1 rings (SSSR count). The normalized spacial score (nSPS) is 10.6. The van der Waals surface area contributed by atoms with E-state index in [1.54, 1.807) is 6.20 Å². The summed E-state index contributed by atoms with van der Waals surface area (Å²) in [6.45, 7) is 2.17. The van der Waals surface area contributed by atoms with Gasteiger partial charge in [-0.3, -0.25) is 23.2 Å². The standard InChI is InChI=1S/C8H11N.2H2O4S/c1-2-4-8-5-3-6-9-7-8;2*1-5(2,3)4/h3,5-7H,2,4H2,1H3;2*(H2,1,2,3,4). The monoisotopic (exact) mass is 317 g/mol. The molecule has 0 saturated heterocycles. The zero-order chi connectivity index (χ0) is 15.5. The average molecular weight is 317 g/mol. The highest BCUT2D eigenvalue weighted by molar-refractivity contribution is 7.80. The van der Waals surface area contributed by atoms with Gasteiger partial charge in [0, 0.05) is 12.4 Å². The average Bonchev–Trinajstić information content (AvgIpc) is 2.14. The molecule has 4 N–H and O–H groups in total. The van der Waals surface area contributed by atoms with Gasteiger partial charge in [-0.1, -0.05) is 19.4 Å². The first kappa shape index (κ1) is 20.2. The van der Waals surface area contributed by atoms with Crippen LogP contribution < -0.4 is 0 Å². The number of aryl methyl sites for hydroxylation is 1. The van der Waals surface area contributed by atoms with Crippen LogP contribution in [-0.2, 0) is 27.2 Å². The molecule has 1 heterocycles. The Morgan fingerprint density at radius 2 is 1.47 bits per heavy atom. The minimum atomic E-state index is -4.67. The summed E-state index contributed by atoms with van der Waals surface area (Å²) in [5.41, 5.74) is 1.33. The molecule has 11 heteroatoms. The number of nitrogens with zero attached hydrogens (tertiary/aromatic N) is 1. The lowest BCUT2D eigenvalue weighted by molar-refractivity contribution is 0.378. The van der Waals surface area contributed by atoms with Crippen molar-refractivity contribution in [3.8, 4) is 0 Å². The molecule has 0 amide bonds. The molecular weight excluding hydrogens is 302 g/mol. The first-order chi connectivity index (χ1) is 8.43. The summed E-state index contributed by atoms with van der Waals surface area (Å²) in [4.78, 5) is 4.00. The molecule has 0 aliphatic rings. The molecule has 9 nitrogen and oxygen atoms in total. The van der Waals surface area contributed by atoms with Crippen molar-refractivity contribution >= 4 is 20.8 Å². The Kier molecular flexibility index (Phi) is 10.4. The summed E-state index contributed by atoms with van der Waals surface area (Å²) < 4.78 is 63.2. The number of rotatable bonds is 2. The number of hydrogen-bond donors (Lipinski definition) is 4. The Bertz CT molecular complexity index is 479. The van der Waals surface area contributed by atoms with E-state index in [0.29, 0.717) is 0 Å². The molecule has 1 aromatic heterocycles. The molecule has 0 atom stereocenters. The second-order valence-electron chi connectivity index (χ2n) is 3.01. The maximum atomic E-state index is 8.74. The van der Waals surface area contributed by atoms with Gasteiger partial charge in [-0.2, -0.15) is 16.8 Å². The van der Waals surface area contributed by atoms with Crippen LogP contribution in [0, 0.1) is 0 Å². The van der Waals surface area contributed by atoms with Gasteiger partial charge in [0.25, 0.3) is 0 Å². The van der Waals surface area contributed by atoms with Crippen LogP contribution >= 0.6 is 0 Å². The fraction of sp³-hybridized carbons (Fsp3) is 0.375. The summed E-state index contributed by atoms with van der Waals surface area (Å²) in [5, 5.41) is 0. The molecule has 19 heavy (non-hydrogen) atoms. The van der Waals surface area contributed by atoms with Crippen LogP contribution in [0.15, 0.2) is 24.5 Å². The number of hydrogen-bond acceptors (Lipinski definition) is 5. The van der Waals surface area contributed by atoms with Gasteiger partial charge in [-0.25, -0.2) is 0 Å². The molecular formula is C8H15NO8S2. The van der Waals surface area contributed by atoms with Crippen molar-refractivity contribution in [2.75, 3.05) is 0 Å². The second kappa shape index (κ2) is 9.77. The molecule has 0 unspecified atom stereocenters. The quantitative estimate of drug-likeness (QED) is 0.576. The van der Waals surface area contributed by atoms with E-state index in [-0.39, 0.29) is 0 Å². The predicted molar refractivity (Wildman–Crippen MR) is 66.6 cm³/mol. The zero-order valence-corrected chi connectivity index (χ0v) is 11.5. The molecule has 112 valence electrons. The summed E-state index contributed by atoms with van der Waals surface area (Å²) in [6.07, 6.45) is 6.07. The van der Waals surface area contributed by atoms with Crippen molar-refractivity contribution < 1.29 is 35.0 Å². The molecule has 0 aliphatic heterocycles.